The minimum absolute atomic E-state index is 0.122. The van der Waals surface area contributed by atoms with Gasteiger partial charge in [-0.3, -0.25) is 4.79 Å². The van der Waals surface area contributed by atoms with Crippen molar-refractivity contribution in [3.63, 3.8) is 0 Å². The average molecular weight is 373 g/mol. The first kappa shape index (κ1) is 14.5. The largest absolute Gasteiger partial charge is 0.358 e. The summed E-state index contributed by atoms with van der Waals surface area (Å²) in [6, 6.07) is 12.6. The zero-order valence-corrected chi connectivity index (χ0v) is 13.9. The summed E-state index contributed by atoms with van der Waals surface area (Å²) < 4.78 is 14.7. The smallest absolute Gasteiger partial charge is 0.257 e. The highest BCUT2D eigenvalue weighted by molar-refractivity contribution is 9.10. The van der Waals surface area contributed by atoms with Gasteiger partial charge in [-0.05, 0) is 24.3 Å². The first-order valence-corrected chi connectivity index (χ1v) is 8.25. The first-order chi connectivity index (χ1) is 11.1. The second-order valence-corrected chi connectivity index (χ2v) is 6.64. The molecule has 3 aromatic rings. The molecule has 0 unspecified atom stereocenters. The predicted molar refractivity (Wildman–Crippen MR) is 90.8 cm³/mol. The van der Waals surface area contributed by atoms with Crippen LogP contribution in [0.2, 0.25) is 0 Å². The highest BCUT2D eigenvalue weighted by atomic mass is 79.9. The Morgan fingerprint density at radius 1 is 1.22 bits per heavy atom. The molecule has 0 spiro atoms. The van der Waals surface area contributed by atoms with Gasteiger partial charge >= 0.3 is 0 Å². The van der Waals surface area contributed by atoms with Crippen molar-refractivity contribution < 1.29 is 9.18 Å². The molecule has 1 aliphatic rings. The number of amides is 1. The van der Waals surface area contributed by atoms with Crippen molar-refractivity contribution in [3.8, 4) is 0 Å². The molecular weight excluding hydrogens is 359 g/mol. The maximum absolute atomic E-state index is 14.1. The molecule has 2 aromatic carbocycles. The van der Waals surface area contributed by atoms with Crippen molar-refractivity contribution >= 4 is 32.7 Å². The molecule has 0 saturated carbocycles. The van der Waals surface area contributed by atoms with E-state index in [4.69, 9.17) is 0 Å². The lowest BCUT2D eigenvalue weighted by molar-refractivity contribution is 0.0730. The molecule has 2 heterocycles. The lowest BCUT2D eigenvalue weighted by atomic mass is 10.0. The second kappa shape index (κ2) is 5.49. The second-order valence-electron chi connectivity index (χ2n) is 5.73. The number of para-hydroxylation sites is 1. The monoisotopic (exact) mass is 372 g/mol. The van der Waals surface area contributed by atoms with E-state index >= 15 is 0 Å². The van der Waals surface area contributed by atoms with Crippen LogP contribution in [0.5, 0.6) is 0 Å². The van der Waals surface area contributed by atoms with Gasteiger partial charge in [0, 0.05) is 46.1 Å². The fourth-order valence-corrected chi connectivity index (χ4v) is 3.51. The van der Waals surface area contributed by atoms with E-state index in [2.05, 4.69) is 27.0 Å². The molecule has 116 valence electrons. The number of H-pyrrole nitrogens is 1. The van der Waals surface area contributed by atoms with Gasteiger partial charge in [0.05, 0.1) is 5.56 Å². The van der Waals surface area contributed by atoms with Crippen LogP contribution in [0.15, 0.2) is 46.9 Å². The molecule has 0 bridgehead atoms. The van der Waals surface area contributed by atoms with E-state index in [9.17, 15) is 9.18 Å². The number of fused-ring (bicyclic) bond motifs is 3. The number of benzene rings is 2. The molecule has 1 amide bonds. The lowest BCUT2D eigenvalue weighted by Crippen LogP contribution is -2.36. The van der Waals surface area contributed by atoms with Crippen LogP contribution in [-0.2, 0) is 13.0 Å². The lowest BCUT2D eigenvalue weighted by Gasteiger charge is -2.27. The Bertz CT molecular complexity index is 919. The Morgan fingerprint density at radius 2 is 2.04 bits per heavy atom. The van der Waals surface area contributed by atoms with E-state index in [1.54, 1.807) is 11.0 Å². The van der Waals surface area contributed by atoms with Crippen LogP contribution in [0.25, 0.3) is 10.9 Å². The van der Waals surface area contributed by atoms with E-state index in [-0.39, 0.29) is 11.5 Å². The molecule has 3 nitrogen and oxygen atoms in total. The van der Waals surface area contributed by atoms with Gasteiger partial charge in [-0.2, -0.15) is 0 Å². The average Bonchev–Trinajstić information content (AvgIpc) is 2.92. The zero-order valence-electron chi connectivity index (χ0n) is 12.3. The number of carbonyl (C=O) groups is 1. The number of halogens is 2. The number of aromatic nitrogens is 1. The van der Waals surface area contributed by atoms with Gasteiger partial charge in [0.2, 0.25) is 0 Å². The number of carbonyl (C=O) groups excluding carboxylic acids is 1. The molecule has 1 N–H and O–H groups in total. The first-order valence-electron chi connectivity index (χ1n) is 7.46. The van der Waals surface area contributed by atoms with E-state index in [1.165, 1.54) is 17.8 Å². The summed E-state index contributed by atoms with van der Waals surface area (Å²) in [6.07, 6.45) is 0.758. The van der Waals surface area contributed by atoms with Crippen molar-refractivity contribution in [1.29, 1.82) is 0 Å². The zero-order chi connectivity index (χ0) is 16.0. The number of aromatic amines is 1. The fourth-order valence-electron chi connectivity index (χ4n) is 3.17. The SMILES string of the molecule is O=C(c1ccc(Br)cc1F)N1CCc2[nH]c3ccccc3c2C1. The molecule has 0 aliphatic carbocycles. The van der Waals surface area contributed by atoms with Crippen LogP contribution < -0.4 is 0 Å². The van der Waals surface area contributed by atoms with Gasteiger partial charge in [-0.1, -0.05) is 34.1 Å². The van der Waals surface area contributed by atoms with E-state index in [0.717, 1.165) is 22.9 Å². The van der Waals surface area contributed by atoms with Gasteiger partial charge in [0.15, 0.2) is 0 Å². The number of rotatable bonds is 1. The maximum atomic E-state index is 14.1. The third-order valence-corrected chi connectivity index (χ3v) is 4.82. The molecule has 0 radical (unpaired) electrons. The molecule has 0 fully saturated rings. The van der Waals surface area contributed by atoms with E-state index in [0.29, 0.717) is 17.6 Å². The van der Waals surface area contributed by atoms with Crippen LogP contribution in [0.1, 0.15) is 21.6 Å². The van der Waals surface area contributed by atoms with Gasteiger partial charge < -0.3 is 9.88 Å². The summed E-state index contributed by atoms with van der Waals surface area (Å²) in [4.78, 5) is 17.8. The Hall–Kier alpha value is -2.14. The number of nitrogens with one attached hydrogen (secondary N) is 1. The van der Waals surface area contributed by atoms with Crippen LogP contribution in [0.4, 0.5) is 4.39 Å². The standard InChI is InChI=1S/C18H14BrFN2O/c19-11-5-6-13(15(20)9-11)18(23)22-8-7-17-14(10-22)12-3-1-2-4-16(12)21-17/h1-6,9,21H,7-8,10H2. The van der Waals surface area contributed by atoms with Crippen LogP contribution in [0.3, 0.4) is 0 Å². The van der Waals surface area contributed by atoms with Gasteiger partial charge in [-0.15, -0.1) is 0 Å². The predicted octanol–water partition coefficient (Wildman–Crippen LogP) is 4.27. The summed E-state index contributed by atoms with van der Waals surface area (Å²) in [7, 11) is 0. The normalized spacial score (nSPS) is 14.1. The van der Waals surface area contributed by atoms with Gasteiger partial charge in [0.1, 0.15) is 5.82 Å². The van der Waals surface area contributed by atoms with E-state index < -0.39 is 5.82 Å². The molecule has 23 heavy (non-hydrogen) atoms. The van der Waals surface area contributed by atoms with E-state index in [1.807, 2.05) is 18.2 Å². The van der Waals surface area contributed by atoms with Gasteiger partial charge in [-0.25, -0.2) is 4.39 Å². The molecule has 1 aliphatic heterocycles. The molecule has 0 saturated heterocycles. The fraction of sp³-hybridized carbons (Fsp3) is 0.167. The minimum atomic E-state index is -0.492. The minimum Gasteiger partial charge on any atom is -0.358 e. The maximum Gasteiger partial charge on any atom is 0.257 e. The van der Waals surface area contributed by atoms with Crippen molar-refractivity contribution in [2.24, 2.45) is 0 Å². The summed E-state index contributed by atoms with van der Waals surface area (Å²) in [5, 5.41) is 1.14. The quantitative estimate of drug-likeness (QED) is 0.680. The summed E-state index contributed by atoms with van der Waals surface area (Å²) in [5.74, 6) is -0.750. The Labute approximate surface area is 141 Å². The molecular formula is C18H14BrFN2O. The van der Waals surface area contributed by atoms with Crippen molar-refractivity contribution in [2.45, 2.75) is 13.0 Å². The Morgan fingerprint density at radius 3 is 2.87 bits per heavy atom. The Kier molecular flexibility index (Phi) is 3.45. The van der Waals surface area contributed by atoms with Crippen LogP contribution in [0, 0.1) is 5.82 Å². The molecule has 0 atom stereocenters. The third-order valence-electron chi connectivity index (χ3n) is 4.33. The molecule has 1 aromatic heterocycles. The van der Waals surface area contributed by atoms with Crippen LogP contribution >= 0.6 is 15.9 Å². The summed E-state index contributed by atoms with van der Waals surface area (Å²) in [5.41, 5.74) is 3.52. The van der Waals surface area contributed by atoms with Crippen molar-refractivity contribution in [3.05, 3.63) is 69.6 Å². The molecule has 4 rings (SSSR count). The van der Waals surface area contributed by atoms with Crippen molar-refractivity contribution in [1.82, 2.24) is 9.88 Å². The number of hydrogen-bond acceptors (Lipinski definition) is 1. The Balaban J connectivity index is 1.68. The number of hydrogen-bond donors (Lipinski definition) is 1. The van der Waals surface area contributed by atoms with Crippen molar-refractivity contribution in [2.75, 3.05) is 6.54 Å². The highest BCUT2D eigenvalue weighted by Crippen LogP contribution is 2.28. The summed E-state index contributed by atoms with van der Waals surface area (Å²) >= 11 is 3.22. The van der Waals surface area contributed by atoms with Gasteiger partial charge in [0.25, 0.3) is 5.91 Å². The summed E-state index contributed by atoms with van der Waals surface area (Å²) in [6.45, 7) is 1.10. The van der Waals surface area contributed by atoms with Crippen LogP contribution in [-0.4, -0.2) is 22.3 Å². The highest BCUT2D eigenvalue weighted by Gasteiger charge is 2.26. The molecule has 5 heteroatoms. The third kappa shape index (κ3) is 2.45. The topological polar surface area (TPSA) is 36.1 Å². The number of nitrogens with zero attached hydrogens (tertiary/aromatic N) is 1.